The molecule has 0 amide bonds. The van der Waals surface area contributed by atoms with Gasteiger partial charge < -0.3 is 10.3 Å². The first kappa shape index (κ1) is 7.94. The summed E-state index contributed by atoms with van der Waals surface area (Å²) in [4.78, 5) is 1.82. The molecule has 4 nitrogen and oxygen atoms in total. The van der Waals surface area contributed by atoms with E-state index in [4.69, 9.17) is 10.3 Å². The molecule has 2 unspecified atom stereocenters. The van der Waals surface area contributed by atoms with Gasteiger partial charge in [-0.2, -0.15) is 5.06 Å². The van der Waals surface area contributed by atoms with Gasteiger partial charge in [0.15, 0.2) is 0 Å². The highest BCUT2D eigenvalue weighted by atomic mass is 16.5. The first-order chi connectivity index (χ1) is 4.63. The maximum absolute atomic E-state index is 9.13. The zero-order chi connectivity index (χ0) is 7.72. The summed E-state index contributed by atoms with van der Waals surface area (Å²) in [5, 5.41) is 19.5. The van der Waals surface area contributed by atoms with Crippen LogP contribution in [0.5, 0.6) is 0 Å². The van der Waals surface area contributed by atoms with E-state index in [0.29, 0.717) is 6.54 Å². The Balaban J connectivity index is 2.49. The van der Waals surface area contributed by atoms with Crippen LogP contribution in [0.2, 0.25) is 0 Å². The Kier molecular flexibility index (Phi) is 2.25. The molecule has 1 aliphatic rings. The van der Waals surface area contributed by atoms with Crippen LogP contribution in [0, 0.1) is 0 Å². The number of aliphatic hydroxyl groups is 1. The van der Waals surface area contributed by atoms with Gasteiger partial charge in [-0.1, -0.05) is 0 Å². The van der Waals surface area contributed by atoms with E-state index in [1.807, 2.05) is 11.8 Å². The highest BCUT2D eigenvalue weighted by molar-refractivity contribution is 4.73. The van der Waals surface area contributed by atoms with Crippen molar-refractivity contribution >= 4 is 0 Å². The molecule has 0 aromatic heterocycles. The summed E-state index contributed by atoms with van der Waals surface area (Å²) in [5.74, 6) is 0. The van der Waals surface area contributed by atoms with Gasteiger partial charge in [0, 0.05) is 13.1 Å². The van der Waals surface area contributed by atoms with E-state index < -0.39 is 6.23 Å². The molecule has 10 heavy (non-hydrogen) atoms. The van der Waals surface area contributed by atoms with Crippen molar-refractivity contribution in [3.8, 4) is 0 Å². The van der Waals surface area contributed by atoms with E-state index in [-0.39, 0.29) is 6.17 Å². The molecule has 0 aromatic rings. The van der Waals surface area contributed by atoms with Crippen LogP contribution in [0.15, 0.2) is 0 Å². The minimum atomic E-state index is -0.466. The molecule has 0 radical (unpaired) electrons. The van der Waals surface area contributed by atoms with E-state index in [9.17, 15) is 0 Å². The van der Waals surface area contributed by atoms with Gasteiger partial charge in [0.2, 0.25) is 0 Å². The molecule has 0 aliphatic carbocycles. The Morgan fingerprint density at radius 2 is 2.10 bits per heavy atom. The lowest BCUT2D eigenvalue weighted by Gasteiger charge is -2.25. The number of hydrogen-bond donors (Lipinski definition) is 2. The zero-order valence-electron chi connectivity index (χ0n) is 6.36. The summed E-state index contributed by atoms with van der Waals surface area (Å²) in [7, 11) is 0. The Hall–Kier alpha value is -0.160. The predicted molar refractivity (Wildman–Crippen MR) is 36.3 cm³/mol. The van der Waals surface area contributed by atoms with E-state index in [0.717, 1.165) is 6.54 Å². The number of nitrogens with zero attached hydrogens (tertiary/aromatic N) is 2. The molecule has 0 spiro atoms. The van der Waals surface area contributed by atoms with Crippen LogP contribution >= 0.6 is 0 Å². The minimum absolute atomic E-state index is 0.0556. The van der Waals surface area contributed by atoms with Gasteiger partial charge in [0.1, 0.15) is 6.23 Å². The van der Waals surface area contributed by atoms with E-state index in [2.05, 4.69) is 0 Å². The molecule has 1 saturated heterocycles. The fourth-order valence-electron chi connectivity index (χ4n) is 1.26. The molecule has 2 N–H and O–H groups in total. The molecule has 60 valence electrons. The highest BCUT2D eigenvalue weighted by Gasteiger charge is 2.29. The SMILES string of the molecule is CC(O)N1CCN(O)C1C. The summed E-state index contributed by atoms with van der Waals surface area (Å²) in [5.41, 5.74) is 0. The van der Waals surface area contributed by atoms with Crippen LogP contribution in [-0.2, 0) is 0 Å². The topological polar surface area (TPSA) is 46.9 Å². The van der Waals surface area contributed by atoms with Crippen molar-refractivity contribution in [1.29, 1.82) is 0 Å². The number of rotatable bonds is 1. The van der Waals surface area contributed by atoms with Crippen molar-refractivity contribution in [3.63, 3.8) is 0 Å². The quantitative estimate of drug-likeness (QED) is 0.532. The van der Waals surface area contributed by atoms with Crippen molar-refractivity contribution in [2.24, 2.45) is 0 Å². The van der Waals surface area contributed by atoms with E-state index >= 15 is 0 Å². The molecule has 1 heterocycles. The Labute approximate surface area is 60.6 Å². The van der Waals surface area contributed by atoms with Crippen LogP contribution in [0.4, 0.5) is 0 Å². The summed E-state index contributed by atoms with van der Waals surface area (Å²) in [6, 6.07) is 0. The van der Waals surface area contributed by atoms with Crippen LogP contribution in [-0.4, -0.2) is 45.8 Å². The van der Waals surface area contributed by atoms with Gasteiger partial charge in [0.05, 0.1) is 6.17 Å². The van der Waals surface area contributed by atoms with Crippen LogP contribution in [0.1, 0.15) is 13.8 Å². The molecule has 0 aromatic carbocycles. The Morgan fingerprint density at radius 3 is 2.30 bits per heavy atom. The third-order valence-corrected chi connectivity index (χ3v) is 1.98. The lowest BCUT2D eigenvalue weighted by atomic mass is 10.4. The molecule has 1 rings (SSSR count). The molecule has 0 saturated carbocycles. The molecule has 1 fully saturated rings. The molecular formula is C6H14N2O2. The maximum Gasteiger partial charge on any atom is 0.105 e. The third-order valence-electron chi connectivity index (χ3n) is 1.98. The fraction of sp³-hybridized carbons (Fsp3) is 1.00. The first-order valence-corrected chi connectivity index (χ1v) is 3.52. The average Bonchev–Trinajstić information content (AvgIpc) is 2.14. The van der Waals surface area contributed by atoms with Crippen LogP contribution in [0.3, 0.4) is 0 Å². The summed E-state index contributed by atoms with van der Waals surface area (Å²) in [6.07, 6.45) is -0.521. The number of hydroxylamine groups is 2. The summed E-state index contributed by atoms with van der Waals surface area (Å²) < 4.78 is 0. The Morgan fingerprint density at radius 1 is 1.50 bits per heavy atom. The minimum Gasteiger partial charge on any atom is -0.379 e. The van der Waals surface area contributed by atoms with Gasteiger partial charge >= 0.3 is 0 Å². The third kappa shape index (κ3) is 1.29. The average molecular weight is 146 g/mol. The highest BCUT2D eigenvalue weighted by Crippen LogP contribution is 2.12. The summed E-state index contributed by atoms with van der Waals surface area (Å²) in [6.45, 7) is 4.91. The molecular weight excluding hydrogens is 132 g/mol. The number of hydrogen-bond acceptors (Lipinski definition) is 4. The lowest BCUT2D eigenvalue weighted by Crippen LogP contribution is -2.39. The van der Waals surface area contributed by atoms with Crippen LogP contribution < -0.4 is 0 Å². The summed E-state index contributed by atoms with van der Waals surface area (Å²) >= 11 is 0. The van der Waals surface area contributed by atoms with E-state index in [1.54, 1.807) is 6.92 Å². The standard InChI is InChI=1S/C6H14N2O2/c1-5-7(6(2)9)3-4-8(5)10/h5-6,9-10H,3-4H2,1-2H3. The van der Waals surface area contributed by atoms with E-state index in [1.165, 1.54) is 5.06 Å². The van der Waals surface area contributed by atoms with Gasteiger partial charge in [-0.15, -0.1) is 0 Å². The predicted octanol–water partition coefficient (Wildman–Crippen LogP) is -0.323. The Bertz CT molecular complexity index is 118. The molecule has 4 heteroatoms. The second kappa shape index (κ2) is 2.84. The van der Waals surface area contributed by atoms with Crippen molar-refractivity contribution < 1.29 is 10.3 Å². The van der Waals surface area contributed by atoms with Crippen molar-refractivity contribution in [1.82, 2.24) is 9.96 Å². The van der Waals surface area contributed by atoms with Crippen LogP contribution in [0.25, 0.3) is 0 Å². The van der Waals surface area contributed by atoms with Gasteiger partial charge in [-0.25, -0.2) is 0 Å². The zero-order valence-corrected chi connectivity index (χ0v) is 6.36. The molecule has 0 bridgehead atoms. The lowest BCUT2D eigenvalue weighted by molar-refractivity contribution is -0.137. The smallest absolute Gasteiger partial charge is 0.105 e. The van der Waals surface area contributed by atoms with Gasteiger partial charge in [-0.05, 0) is 13.8 Å². The maximum atomic E-state index is 9.13. The fourth-order valence-corrected chi connectivity index (χ4v) is 1.26. The van der Waals surface area contributed by atoms with Crippen molar-refractivity contribution in [2.75, 3.05) is 13.1 Å². The van der Waals surface area contributed by atoms with Crippen molar-refractivity contribution in [3.05, 3.63) is 0 Å². The molecule has 2 atom stereocenters. The first-order valence-electron chi connectivity index (χ1n) is 3.52. The molecule has 1 aliphatic heterocycles. The monoisotopic (exact) mass is 146 g/mol. The van der Waals surface area contributed by atoms with Gasteiger partial charge in [0.25, 0.3) is 0 Å². The van der Waals surface area contributed by atoms with Gasteiger partial charge in [-0.3, -0.25) is 4.90 Å². The largest absolute Gasteiger partial charge is 0.379 e. The second-order valence-electron chi connectivity index (χ2n) is 2.66. The number of aliphatic hydroxyl groups excluding tert-OH is 1. The van der Waals surface area contributed by atoms with Crippen molar-refractivity contribution in [2.45, 2.75) is 26.2 Å². The normalized spacial score (nSPS) is 33.0. The second-order valence-corrected chi connectivity index (χ2v) is 2.66.